The van der Waals surface area contributed by atoms with Gasteiger partial charge in [-0.15, -0.1) is 0 Å². The van der Waals surface area contributed by atoms with Crippen molar-refractivity contribution in [2.75, 3.05) is 5.32 Å². The molecule has 0 atom stereocenters. The fourth-order valence-electron chi connectivity index (χ4n) is 1.79. The molecule has 1 amide bonds. The average molecular weight is 309 g/mol. The number of carbonyl (C=O) groups is 2. The molecule has 1 rings (SSSR count). The third kappa shape index (κ3) is 5.27. The lowest BCUT2D eigenvalue weighted by atomic mass is 9.86. The van der Waals surface area contributed by atoms with Crippen LogP contribution in [0.5, 0.6) is 5.75 Å². The van der Waals surface area contributed by atoms with Gasteiger partial charge in [0.25, 0.3) is 0 Å². The minimum absolute atomic E-state index is 0.135. The van der Waals surface area contributed by atoms with Crippen molar-refractivity contribution in [3.05, 3.63) is 23.8 Å². The molecule has 6 heteroatoms. The van der Waals surface area contributed by atoms with Crippen molar-refractivity contribution in [3.8, 4) is 5.75 Å². The number of benzene rings is 1. The van der Waals surface area contributed by atoms with Crippen LogP contribution in [-0.2, 0) is 16.0 Å². The Morgan fingerprint density at radius 2 is 1.77 bits per heavy atom. The van der Waals surface area contributed by atoms with Gasteiger partial charge < -0.3 is 14.9 Å². The molecular formula is C16H23NO5. The molecule has 0 aliphatic rings. The van der Waals surface area contributed by atoms with Crippen LogP contribution in [0.2, 0.25) is 0 Å². The molecule has 0 aliphatic carbocycles. The minimum Gasteiger partial charge on any atom is -0.506 e. The largest absolute Gasteiger partial charge is 0.506 e. The number of aromatic hydroxyl groups is 1. The van der Waals surface area contributed by atoms with Crippen LogP contribution < -0.4 is 5.32 Å². The summed E-state index contributed by atoms with van der Waals surface area (Å²) >= 11 is 0. The van der Waals surface area contributed by atoms with E-state index >= 15 is 0 Å². The van der Waals surface area contributed by atoms with Crippen LogP contribution in [0.3, 0.4) is 0 Å². The van der Waals surface area contributed by atoms with Crippen molar-refractivity contribution in [2.24, 2.45) is 5.41 Å². The third-order valence-corrected chi connectivity index (χ3v) is 2.92. The number of ether oxygens (including phenoxy) is 1. The van der Waals surface area contributed by atoms with Crippen molar-refractivity contribution in [1.29, 1.82) is 0 Å². The van der Waals surface area contributed by atoms with Gasteiger partial charge in [0.2, 0.25) is 0 Å². The van der Waals surface area contributed by atoms with Gasteiger partial charge in [0, 0.05) is 0 Å². The zero-order chi connectivity index (χ0) is 17.1. The molecule has 3 N–H and O–H groups in total. The van der Waals surface area contributed by atoms with Gasteiger partial charge in [-0.25, -0.2) is 4.79 Å². The van der Waals surface area contributed by atoms with Crippen LogP contribution in [0.25, 0.3) is 0 Å². The van der Waals surface area contributed by atoms with Crippen LogP contribution in [0, 0.1) is 5.41 Å². The topological polar surface area (TPSA) is 95.9 Å². The van der Waals surface area contributed by atoms with E-state index in [4.69, 9.17) is 9.84 Å². The number of carboxylic acid groups (broad SMARTS) is 1. The molecule has 0 radical (unpaired) electrons. The molecule has 1 aromatic carbocycles. The van der Waals surface area contributed by atoms with Crippen LogP contribution in [0.1, 0.15) is 40.2 Å². The second kappa shape index (κ2) is 6.25. The van der Waals surface area contributed by atoms with E-state index in [0.717, 1.165) is 0 Å². The van der Waals surface area contributed by atoms with Gasteiger partial charge in [0.1, 0.15) is 11.4 Å². The molecule has 0 bridgehead atoms. The molecule has 122 valence electrons. The zero-order valence-corrected chi connectivity index (χ0v) is 13.6. The van der Waals surface area contributed by atoms with Crippen LogP contribution in [0.15, 0.2) is 18.2 Å². The van der Waals surface area contributed by atoms with E-state index in [1.54, 1.807) is 40.7 Å². The number of amides is 1. The number of hydrogen-bond donors (Lipinski definition) is 3. The summed E-state index contributed by atoms with van der Waals surface area (Å²) in [7, 11) is 0. The van der Waals surface area contributed by atoms with E-state index in [2.05, 4.69) is 5.32 Å². The quantitative estimate of drug-likeness (QED) is 0.741. The van der Waals surface area contributed by atoms with Crippen molar-refractivity contribution >= 4 is 17.7 Å². The zero-order valence-electron chi connectivity index (χ0n) is 13.6. The summed E-state index contributed by atoms with van der Waals surface area (Å²) in [5, 5.41) is 21.5. The van der Waals surface area contributed by atoms with Gasteiger partial charge in [-0.05, 0) is 58.7 Å². The Morgan fingerprint density at radius 1 is 1.18 bits per heavy atom. The maximum absolute atomic E-state index is 11.7. The molecular weight excluding hydrogens is 286 g/mol. The number of rotatable bonds is 4. The molecule has 0 spiro atoms. The number of phenols is 1. The SMILES string of the molecule is CC(C)(C)OC(=O)Nc1ccc(CC(C)(C)C(=O)O)cc1O. The molecule has 0 aliphatic heterocycles. The Morgan fingerprint density at radius 3 is 2.23 bits per heavy atom. The van der Waals surface area contributed by atoms with E-state index in [9.17, 15) is 14.7 Å². The monoisotopic (exact) mass is 309 g/mol. The standard InChI is InChI=1S/C16H23NO5/c1-15(2,3)22-14(21)17-11-7-6-10(8-12(11)18)9-16(4,5)13(19)20/h6-8,18H,9H2,1-5H3,(H,17,21)(H,19,20). The van der Waals surface area contributed by atoms with Crippen LogP contribution in [0.4, 0.5) is 10.5 Å². The number of aliphatic carboxylic acids is 1. The Balaban J connectivity index is 2.82. The van der Waals surface area contributed by atoms with E-state index in [1.807, 2.05) is 0 Å². The number of phenolic OH excluding ortho intramolecular Hbond substituents is 1. The van der Waals surface area contributed by atoms with Gasteiger partial charge in [0.15, 0.2) is 0 Å². The molecule has 6 nitrogen and oxygen atoms in total. The number of anilines is 1. The summed E-state index contributed by atoms with van der Waals surface area (Å²) in [6, 6.07) is 4.63. The smallest absolute Gasteiger partial charge is 0.412 e. The summed E-state index contributed by atoms with van der Waals surface area (Å²) < 4.78 is 5.10. The van der Waals surface area contributed by atoms with Gasteiger partial charge in [-0.2, -0.15) is 0 Å². The molecule has 0 fully saturated rings. The average Bonchev–Trinajstić information content (AvgIpc) is 2.29. The first-order chi connectivity index (χ1) is 9.90. The molecule has 22 heavy (non-hydrogen) atoms. The molecule has 0 unspecified atom stereocenters. The number of nitrogens with one attached hydrogen (secondary N) is 1. The predicted molar refractivity (Wildman–Crippen MR) is 83.1 cm³/mol. The lowest BCUT2D eigenvalue weighted by Crippen LogP contribution is -2.27. The fraction of sp³-hybridized carbons (Fsp3) is 0.500. The highest BCUT2D eigenvalue weighted by Crippen LogP contribution is 2.29. The number of carboxylic acids is 1. The Labute approximate surface area is 130 Å². The van der Waals surface area contributed by atoms with Crippen LogP contribution >= 0.6 is 0 Å². The van der Waals surface area contributed by atoms with Gasteiger partial charge in [-0.3, -0.25) is 10.1 Å². The third-order valence-electron chi connectivity index (χ3n) is 2.92. The first-order valence-corrected chi connectivity index (χ1v) is 6.96. The van der Waals surface area contributed by atoms with E-state index in [1.165, 1.54) is 12.1 Å². The van der Waals surface area contributed by atoms with Crippen LogP contribution in [-0.4, -0.2) is 27.9 Å². The Bertz CT molecular complexity index is 572. The lowest BCUT2D eigenvalue weighted by Gasteiger charge is -2.21. The Kier molecular flexibility index (Phi) is 5.06. The predicted octanol–water partition coefficient (Wildman–Crippen LogP) is 3.39. The fourth-order valence-corrected chi connectivity index (χ4v) is 1.79. The van der Waals surface area contributed by atoms with Crippen molar-refractivity contribution < 1.29 is 24.5 Å². The van der Waals surface area contributed by atoms with E-state index in [0.29, 0.717) is 5.56 Å². The lowest BCUT2D eigenvalue weighted by molar-refractivity contribution is -0.146. The molecule has 0 aromatic heterocycles. The number of carbonyl (C=O) groups excluding carboxylic acids is 1. The van der Waals surface area contributed by atoms with E-state index in [-0.39, 0.29) is 17.9 Å². The van der Waals surface area contributed by atoms with Gasteiger partial charge in [-0.1, -0.05) is 6.07 Å². The summed E-state index contributed by atoms with van der Waals surface area (Å²) in [6.07, 6.45) is -0.399. The van der Waals surface area contributed by atoms with Gasteiger partial charge in [0.05, 0.1) is 11.1 Å². The highest BCUT2D eigenvalue weighted by Gasteiger charge is 2.27. The minimum atomic E-state index is -0.938. The molecule has 0 heterocycles. The summed E-state index contributed by atoms with van der Waals surface area (Å²) in [4.78, 5) is 22.8. The maximum atomic E-state index is 11.7. The normalized spacial score (nSPS) is 11.9. The van der Waals surface area contributed by atoms with Gasteiger partial charge >= 0.3 is 12.1 Å². The highest BCUT2D eigenvalue weighted by molar-refractivity contribution is 5.87. The second-order valence-corrected chi connectivity index (χ2v) is 6.84. The summed E-state index contributed by atoms with van der Waals surface area (Å²) in [5.41, 5.74) is -0.691. The Hall–Kier alpha value is -2.24. The second-order valence-electron chi connectivity index (χ2n) is 6.84. The highest BCUT2D eigenvalue weighted by atomic mass is 16.6. The maximum Gasteiger partial charge on any atom is 0.412 e. The number of hydrogen-bond acceptors (Lipinski definition) is 4. The van der Waals surface area contributed by atoms with Crippen molar-refractivity contribution in [2.45, 2.75) is 46.6 Å². The van der Waals surface area contributed by atoms with Crippen molar-refractivity contribution in [1.82, 2.24) is 0 Å². The summed E-state index contributed by atoms with van der Waals surface area (Å²) in [5.74, 6) is -1.05. The van der Waals surface area contributed by atoms with Crippen molar-refractivity contribution in [3.63, 3.8) is 0 Å². The molecule has 0 saturated carbocycles. The summed E-state index contributed by atoms with van der Waals surface area (Å²) in [6.45, 7) is 8.44. The molecule has 1 aromatic rings. The first-order valence-electron chi connectivity index (χ1n) is 6.96. The van der Waals surface area contributed by atoms with E-state index < -0.39 is 23.1 Å². The molecule has 0 saturated heterocycles. The first kappa shape index (κ1) is 17.8.